The van der Waals surface area contributed by atoms with Gasteiger partial charge in [-0.3, -0.25) is 4.79 Å². The number of aryl methyl sites for hydroxylation is 1. The first-order valence-corrected chi connectivity index (χ1v) is 8.55. The summed E-state index contributed by atoms with van der Waals surface area (Å²) in [5, 5.41) is 7.09. The number of ether oxygens (including phenoxy) is 1. The maximum atomic E-state index is 12.1. The van der Waals surface area contributed by atoms with Crippen LogP contribution in [0.1, 0.15) is 30.5 Å². The Hall–Kier alpha value is -3.15. The van der Waals surface area contributed by atoms with Crippen molar-refractivity contribution in [3.8, 4) is 11.4 Å². The maximum absolute atomic E-state index is 12.1. The van der Waals surface area contributed by atoms with Crippen molar-refractivity contribution in [3.05, 3.63) is 72.3 Å². The molecule has 1 aromatic heterocycles. The van der Waals surface area contributed by atoms with Gasteiger partial charge in [0.05, 0.1) is 24.8 Å². The number of aromatic nitrogens is 3. The molecule has 0 aliphatic rings. The SMILES string of the molecule is Cc1cccc(OCCC(=O)NC(C)c2ccc(-n3cncn3)cc2)c1. The van der Waals surface area contributed by atoms with Gasteiger partial charge in [0, 0.05) is 0 Å². The number of hydrogen-bond acceptors (Lipinski definition) is 4. The zero-order valence-electron chi connectivity index (χ0n) is 14.9. The molecule has 1 heterocycles. The number of carbonyl (C=O) groups excluding carboxylic acids is 1. The number of amides is 1. The van der Waals surface area contributed by atoms with Gasteiger partial charge in [-0.2, -0.15) is 5.10 Å². The van der Waals surface area contributed by atoms with Crippen molar-refractivity contribution in [1.82, 2.24) is 20.1 Å². The predicted molar refractivity (Wildman–Crippen MR) is 99.2 cm³/mol. The second-order valence-electron chi connectivity index (χ2n) is 6.14. The average molecular weight is 350 g/mol. The third-order valence-electron chi connectivity index (χ3n) is 4.04. The van der Waals surface area contributed by atoms with Crippen LogP contribution in [0.15, 0.2) is 61.2 Å². The normalized spacial score (nSPS) is 11.8. The minimum absolute atomic E-state index is 0.0366. The van der Waals surface area contributed by atoms with E-state index in [1.165, 1.54) is 6.33 Å². The molecule has 0 aliphatic carbocycles. The average Bonchev–Trinajstić information content (AvgIpc) is 3.16. The first kappa shape index (κ1) is 17.7. The smallest absolute Gasteiger partial charge is 0.223 e. The summed E-state index contributed by atoms with van der Waals surface area (Å²) in [7, 11) is 0. The van der Waals surface area contributed by atoms with E-state index in [-0.39, 0.29) is 11.9 Å². The summed E-state index contributed by atoms with van der Waals surface area (Å²) < 4.78 is 7.32. The zero-order chi connectivity index (χ0) is 18.4. The fraction of sp³-hybridized carbons (Fsp3) is 0.250. The minimum atomic E-state index is -0.0775. The molecule has 134 valence electrons. The van der Waals surface area contributed by atoms with Gasteiger partial charge in [-0.1, -0.05) is 24.3 Å². The quantitative estimate of drug-likeness (QED) is 0.710. The second kappa shape index (κ2) is 8.29. The van der Waals surface area contributed by atoms with Crippen LogP contribution >= 0.6 is 0 Å². The zero-order valence-corrected chi connectivity index (χ0v) is 14.9. The van der Waals surface area contributed by atoms with Crippen molar-refractivity contribution >= 4 is 5.91 Å². The van der Waals surface area contributed by atoms with Gasteiger partial charge in [0.15, 0.2) is 0 Å². The summed E-state index contributed by atoms with van der Waals surface area (Å²) in [4.78, 5) is 16.1. The summed E-state index contributed by atoms with van der Waals surface area (Å²) >= 11 is 0. The minimum Gasteiger partial charge on any atom is -0.493 e. The van der Waals surface area contributed by atoms with Gasteiger partial charge >= 0.3 is 0 Å². The van der Waals surface area contributed by atoms with Crippen molar-refractivity contribution < 1.29 is 9.53 Å². The van der Waals surface area contributed by atoms with Gasteiger partial charge in [-0.05, 0) is 49.2 Å². The monoisotopic (exact) mass is 350 g/mol. The third-order valence-corrected chi connectivity index (χ3v) is 4.04. The fourth-order valence-electron chi connectivity index (χ4n) is 2.62. The molecule has 0 radical (unpaired) electrons. The molecular formula is C20H22N4O2. The highest BCUT2D eigenvalue weighted by molar-refractivity contribution is 5.76. The highest BCUT2D eigenvalue weighted by Crippen LogP contribution is 2.16. The largest absolute Gasteiger partial charge is 0.493 e. The molecule has 1 atom stereocenters. The van der Waals surface area contributed by atoms with Gasteiger partial charge in [-0.25, -0.2) is 9.67 Å². The fourth-order valence-corrected chi connectivity index (χ4v) is 2.62. The summed E-state index contributed by atoms with van der Waals surface area (Å²) in [5.74, 6) is 0.750. The van der Waals surface area contributed by atoms with Crippen LogP contribution in [0.25, 0.3) is 5.69 Å². The Bertz CT molecular complexity index is 845. The van der Waals surface area contributed by atoms with Crippen LogP contribution < -0.4 is 10.1 Å². The molecular weight excluding hydrogens is 328 g/mol. The molecule has 3 aromatic rings. The molecule has 26 heavy (non-hydrogen) atoms. The maximum Gasteiger partial charge on any atom is 0.223 e. The number of rotatable bonds is 7. The first-order valence-electron chi connectivity index (χ1n) is 8.55. The van der Waals surface area contributed by atoms with Gasteiger partial charge < -0.3 is 10.1 Å². The molecule has 1 unspecified atom stereocenters. The third kappa shape index (κ3) is 4.69. The Kier molecular flexibility index (Phi) is 5.63. The molecule has 0 saturated heterocycles. The Morgan fingerprint density at radius 3 is 2.73 bits per heavy atom. The summed E-state index contributed by atoms with van der Waals surface area (Å²) in [6, 6.07) is 15.6. The standard InChI is InChI=1S/C20H22N4O2/c1-15-4-3-5-19(12-15)26-11-10-20(25)23-16(2)17-6-8-18(9-7-17)24-14-21-13-22-24/h3-9,12-14,16H,10-11H2,1-2H3,(H,23,25). The molecule has 6 heteroatoms. The highest BCUT2D eigenvalue weighted by Gasteiger charge is 2.10. The molecule has 1 N–H and O–H groups in total. The summed E-state index contributed by atoms with van der Waals surface area (Å²) in [6.45, 7) is 4.33. The van der Waals surface area contributed by atoms with E-state index in [4.69, 9.17) is 4.74 Å². The molecule has 0 aliphatic heterocycles. The van der Waals surface area contributed by atoms with Crippen molar-refractivity contribution in [3.63, 3.8) is 0 Å². The van der Waals surface area contributed by atoms with Crippen molar-refractivity contribution in [1.29, 1.82) is 0 Å². The molecule has 1 amide bonds. The highest BCUT2D eigenvalue weighted by atomic mass is 16.5. The molecule has 0 saturated carbocycles. The van der Waals surface area contributed by atoms with Crippen molar-refractivity contribution in [2.75, 3.05) is 6.61 Å². The van der Waals surface area contributed by atoms with Gasteiger partial charge in [0.2, 0.25) is 5.91 Å². The van der Waals surface area contributed by atoms with Gasteiger partial charge in [0.25, 0.3) is 0 Å². The lowest BCUT2D eigenvalue weighted by Crippen LogP contribution is -2.27. The second-order valence-corrected chi connectivity index (χ2v) is 6.14. The van der Waals surface area contributed by atoms with E-state index in [2.05, 4.69) is 15.4 Å². The lowest BCUT2D eigenvalue weighted by atomic mass is 10.1. The summed E-state index contributed by atoms with van der Waals surface area (Å²) in [5.41, 5.74) is 3.09. The van der Waals surface area contributed by atoms with E-state index in [1.807, 2.05) is 62.4 Å². The topological polar surface area (TPSA) is 69.0 Å². The van der Waals surface area contributed by atoms with Crippen LogP contribution in [0, 0.1) is 6.92 Å². The predicted octanol–water partition coefficient (Wildman–Crippen LogP) is 3.22. The first-order chi connectivity index (χ1) is 12.6. The molecule has 3 rings (SSSR count). The number of nitrogens with one attached hydrogen (secondary N) is 1. The van der Waals surface area contributed by atoms with Crippen molar-refractivity contribution in [2.45, 2.75) is 26.3 Å². The number of nitrogens with zero attached hydrogens (tertiary/aromatic N) is 3. The van der Waals surface area contributed by atoms with E-state index in [0.717, 1.165) is 22.6 Å². The number of carbonyl (C=O) groups is 1. The van der Waals surface area contributed by atoms with Crippen LogP contribution in [0.5, 0.6) is 5.75 Å². The van der Waals surface area contributed by atoms with Crippen LogP contribution in [0.3, 0.4) is 0 Å². The van der Waals surface area contributed by atoms with E-state index >= 15 is 0 Å². The van der Waals surface area contributed by atoms with Crippen LogP contribution in [0.4, 0.5) is 0 Å². The Morgan fingerprint density at radius 1 is 1.23 bits per heavy atom. The Morgan fingerprint density at radius 2 is 2.04 bits per heavy atom. The summed E-state index contributed by atoms with van der Waals surface area (Å²) in [6.07, 6.45) is 3.46. The Balaban J connectivity index is 1.47. The van der Waals surface area contributed by atoms with Crippen molar-refractivity contribution in [2.24, 2.45) is 0 Å². The van der Waals surface area contributed by atoms with Gasteiger partial charge in [-0.15, -0.1) is 0 Å². The van der Waals surface area contributed by atoms with E-state index in [0.29, 0.717) is 13.0 Å². The molecule has 2 aromatic carbocycles. The van der Waals surface area contributed by atoms with Crippen LogP contribution in [-0.2, 0) is 4.79 Å². The van der Waals surface area contributed by atoms with Gasteiger partial charge in [0.1, 0.15) is 18.4 Å². The molecule has 0 fully saturated rings. The van der Waals surface area contributed by atoms with E-state index in [9.17, 15) is 4.79 Å². The number of hydrogen-bond donors (Lipinski definition) is 1. The Labute approximate surface area is 152 Å². The lowest BCUT2D eigenvalue weighted by molar-refractivity contribution is -0.122. The van der Waals surface area contributed by atoms with E-state index < -0.39 is 0 Å². The van der Waals surface area contributed by atoms with E-state index in [1.54, 1.807) is 11.0 Å². The van der Waals surface area contributed by atoms with Crippen LogP contribution in [-0.4, -0.2) is 27.3 Å². The molecule has 0 spiro atoms. The lowest BCUT2D eigenvalue weighted by Gasteiger charge is -2.15. The number of benzene rings is 2. The molecule has 6 nitrogen and oxygen atoms in total. The van der Waals surface area contributed by atoms with Crippen LogP contribution in [0.2, 0.25) is 0 Å². The molecule has 0 bridgehead atoms.